The van der Waals surface area contributed by atoms with Gasteiger partial charge in [0.1, 0.15) is 10.6 Å². The van der Waals surface area contributed by atoms with Crippen molar-refractivity contribution >= 4 is 23.2 Å². The van der Waals surface area contributed by atoms with Crippen LogP contribution in [-0.2, 0) is 4.79 Å². The normalized spacial score (nSPS) is 14.6. The lowest BCUT2D eigenvalue weighted by atomic mass is 9.89. The van der Waals surface area contributed by atoms with Crippen LogP contribution in [0.3, 0.4) is 0 Å². The maximum Gasteiger partial charge on any atom is 0.265 e. The fourth-order valence-corrected chi connectivity index (χ4v) is 4.43. The predicted octanol–water partition coefficient (Wildman–Crippen LogP) is 3.85. The van der Waals surface area contributed by atoms with Crippen LogP contribution in [0.25, 0.3) is 10.4 Å². The van der Waals surface area contributed by atoms with Gasteiger partial charge in [0.25, 0.3) is 5.91 Å². The third kappa shape index (κ3) is 5.10. The third-order valence-corrected chi connectivity index (χ3v) is 6.03. The molecule has 1 aliphatic rings. The van der Waals surface area contributed by atoms with Crippen molar-refractivity contribution in [3.63, 3.8) is 0 Å². The molecule has 1 aromatic carbocycles. The van der Waals surface area contributed by atoms with Crippen molar-refractivity contribution in [2.24, 2.45) is 5.92 Å². The molecule has 6 heteroatoms. The largest absolute Gasteiger partial charge is 0.495 e. The van der Waals surface area contributed by atoms with Gasteiger partial charge in [-0.25, -0.2) is 0 Å². The molecule has 1 saturated carbocycles. The smallest absolute Gasteiger partial charge is 0.265 e. The van der Waals surface area contributed by atoms with E-state index >= 15 is 0 Å². The number of rotatable bonds is 7. The Morgan fingerprint density at radius 3 is 2.48 bits per heavy atom. The summed E-state index contributed by atoms with van der Waals surface area (Å²) in [6.45, 7) is 0.847. The van der Waals surface area contributed by atoms with Crippen LogP contribution >= 0.6 is 11.3 Å². The first kappa shape index (κ1) is 19.4. The van der Waals surface area contributed by atoms with Crippen LogP contribution in [-0.4, -0.2) is 32.0 Å². The monoisotopic (exact) mass is 386 g/mol. The molecule has 0 atom stereocenters. The lowest BCUT2D eigenvalue weighted by Gasteiger charge is -2.20. The molecule has 0 spiro atoms. The van der Waals surface area contributed by atoms with E-state index in [-0.39, 0.29) is 17.7 Å². The molecule has 27 heavy (non-hydrogen) atoms. The number of benzene rings is 1. The van der Waals surface area contributed by atoms with E-state index in [0.717, 1.165) is 36.1 Å². The summed E-state index contributed by atoms with van der Waals surface area (Å²) in [6.07, 6.45) is 5.46. The number of carbonyl (C=O) groups is 2. The average molecular weight is 387 g/mol. The van der Waals surface area contributed by atoms with Crippen LogP contribution in [0.2, 0.25) is 0 Å². The second-order valence-electron chi connectivity index (χ2n) is 6.76. The third-order valence-electron chi connectivity index (χ3n) is 4.87. The maximum absolute atomic E-state index is 12.5. The highest BCUT2D eigenvalue weighted by Crippen LogP contribution is 2.36. The lowest BCUT2D eigenvalue weighted by Crippen LogP contribution is -2.38. The Kier molecular flexibility index (Phi) is 6.87. The van der Waals surface area contributed by atoms with Gasteiger partial charge in [-0.3, -0.25) is 9.59 Å². The van der Waals surface area contributed by atoms with Crippen molar-refractivity contribution in [3.8, 4) is 16.2 Å². The van der Waals surface area contributed by atoms with Crippen LogP contribution in [0.1, 0.15) is 41.8 Å². The molecule has 2 aromatic rings. The van der Waals surface area contributed by atoms with Crippen molar-refractivity contribution in [2.75, 3.05) is 20.2 Å². The summed E-state index contributed by atoms with van der Waals surface area (Å²) in [4.78, 5) is 26.2. The molecule has 5 nitrogen and oxygen atoms in total. The first-order valence-corrected chi connectivity index (χ1v) is 10.3. The van der Waals surface area contributed by atoms with Gasteiger partial charge in [0.2, 0.25) is 5.91 Å². The quantitative estimate of drug-likeness (QED) is 0.710. The first-order chi connectivity index (χ1) is 13.2. The molecule has 144 valence electrons. The fourth-order valence-electron chi connectivity index (χ4n) is 3.38. The number of methoxy groups -OCH3 is 1. The summed E-state index contributed by atoms with van der Waals surface area (Å²) < 4.78 is 5.37. The van der Waals surface area contributed by atoms with Crippen LogP contribution in [0.4, 0.5) is 0 Å². The molecule has 0 radical (unpaired) electrons. The van der Waals surface area contributed by atoms with Gasteiger partial charge in [0.15, 0.2) is 0 Å². The van der Waals surface area contributed by atoms with Crippen molar-refractivity contribution in [1.82, 2.24) is 10.6 Å². The van der Waals surface area contributed by atoms with Gasteiger partial charge in [0.05, 0.1) is 7.11 Å². The number of amides is 2. The molecule has 1 fully saturated rings. The topological polar surface area (TPSA) is 67.4 Å². The number of hydrogen-bond donors (Lipinski definition) is 2. The van der Waals surface area contributed by atoms with Gasteiger partial charge < -0.3 is 15.4 Å². The number of carbonyl (C=O) groups excluding carboxylic acids is 2. The van der Waals surface area contributed by atoms with Gasteiger partial charge in [-0.2, -0.15) is 0 Å². The average Bonchev–Trinajstić information content (AvgIpc) is 3.17. The van der Waals surface area contributed by atoms with E-state index in [1.807, 2.05) is 36.4 Å². The molecule has 1 heterocycles. The summed E-state index contributed by atoms with van der Waals surface area (Å²) in [5, 5.41) is 5.81. The van der Waals surface area contributed by atoms with Gasteiger partial charge in [0, 0.05) is 23.9 Å². The highest BCUT2D eigenvalue weighted by atomic mass is 32.1. The molecular formula is C21H26N2O3S. The van der Waals surface area contributed by atoms with Crippen molar-refractivity contribution in [1.29, 1.82) is 0 Å². The van der Waals surface area contributed by atoms with E-state index in [1.54, 1.807) is 7.11 Å². The zero-order valence-electron chi connectivity index (χ0n) is 15.6. The minimum Gasteiger partial charge on any atom is -0.495 e. The molecule has 2 amide bonds. The van der Waals surface area contributed by atoms with E-state index in [4.69, 9.17) is 4.74 Å². The lowest BCUT2D eigenvalue weighted by molar-refractivity contribution is -0.125. The van der Waals surface area contributed by atoms with Crippen molar-refractivity contribution in [3.05, 3.63) is 41.3 Å². The molecule has 0 bridgehead atoms. The molecule has 3 rings (SSSR count). The number of nitrogens with one attached hydrogen (secondary N) is 2. The minimum atomic E-state index is -0.175. The fraction of sp³-hybridized carbons (Fsp3) is 0.429. The summed E-state index contributed by atoms with van der Waals surface area (Å²) in [6, 6.07) is 11.8. The Morgan fingerprint density at radius 2 is 1.78 bits per heavy atom. The molecule has 1 aromatic heterocycles. The van der Waals surface area contributed by atoms with Crippen LogP contribution < -0.4 is 15.4 Å². The van der Waals surface area contributed by atoms with E-state index < -0.39 is 0 Å². The van der Waals surface area contributed by atoms with E-state index in [1.165, 1.54) is 17.8 Å². The van der Waals surface area contributed by atoms with E-state index in [2.05, 4.69) is 10.6 Å². The minimum absolute atomic E-state index is 0.115. The van der Waals surface area contributed by atoms with Gasteiger partial charge in [-0.1, -0.05) is 49.6 Å². The molecule has 1 aliphatic carbocycles. The van der Waals surface area contributed by atoms with Gasteiger partial charge in [-0.15, -0.1) is 11.3 Å². The highest BCUT2D eigenvalue weighted by molar-refractivity contribution is 7.17. The number of ether oxygens (including phenoxy) is 1. The maximum atomic E-state index is 12.5. The Bertz CT molecular complexity index is 767. The van der Waals surface area contributed by atoms with Crippen molar-refractivity contribution in [2.45, 2.75) is 32.1 Å². The van der Waals surface area contributed by atoms with Gasteiger partial charge >= 0.3 is 0 Å². The molecule has 2 N–H and O–H groups in total. The van der Waals surface area contributed by atoms with E-state index in [0.29, 0.717) is 23.7 Å². The molecule has 0 unspecified atom stereocenters. The van der Waals surface area contributed by atoms with Crippen molar-refractivity contribution < 1.29 is 14.3 Å². The molecule has 0 saturated heterocycles. The summed E-state index contributed by atoms with van der Waals surface area (Å²) in [5.41, 5.74) is 1.06. The molecular weight excluding hydrogens is 360 g/mol. The predicted molar refractivity (Wildman–Crippen MR) is 108 cm³/mol. The Morgan fingerprint density at radius 1 is 1.07 bits per heavy atom. The SMILES string of the molecule is COc1cc(-c2ccccc2)sc1C(=O)NCCNC(=O)C1CCCCC1. The van der Waals surface area contributed by atoms with Crippen LogP contribution in [0.5, 0.6) is 5.75 Å². The summed E-state index contributed by atoms with van der Waals surface area (Å²) in [7, 11) is 1.57. The number of hydrogen-bond acceptors (Lipinski definition) is 4. The van der Waals surface area contributed by atoms with Crippen LogP contribution in [0, 0.1) is 5.92 Å². The second-order valence-corrected chi connectivity index (χ2v) is 7.81. The highest BCUT2D eigenvalue weighted by Gasteiger charge is 2.21. The summed E-state index contributed by atoms with van der Waals surface area (Å²) >= 11 is 1.41. The molecule has 0 aliphatic heterocycles. The second kappa shape index (κ2) is 9.55. The van der Waals surface area contributed by atoms with E-state index in [9.17, 15) is 9.59 Å². The zero-order valence-corrected chi connectivity index (χ0v) is 16.4. The number of thiophene rings is 1. The zero-order chi connectivity index (χ0) is 19.1. The summed E-state index contributed by atoms with van der Waals surface area (Å²) in [5.74, 6) is 0.651. The van der Waals surface area contributed by atoms with Gasteiger partial charge in [-0.05, 0) is 24.5 Å². The van der Waals surface area contributed by atoms with Crippen LogP contribution in [0.15, 0.2) is 36.4 Å². The standard InChI is InChI=1S/C21H26N2O3S/c1-26-17-14-18(15-8-4-2-5-9-15)27-19(17)21(25)23-13-12-22-20(24)16-10-6-3-7-11-16/h2,4-5,8-9,14,16H,3,6-7,10-13H2,1H3,(H,22,24)(H,23,25). The Balaban J connectivity index is 1.52. The Hall–Kier alpha value is -2.34. The first-order valence-electron chi connectivity index (χ1n) is 9.48. The Labute approximate surface area is 164 Å².